The summed E-state index contributed by atoms with van der Waals surface area (Å²) in [4.78, 5) is 15.7. The van der Waals surface area contributed by atoms with Gasteiger partial charge in [-0.1, -0.05) is 0 Å². The molecule has 0 saturated heterocycles. The molecule has 0 radical (unpaired) electrons. The lowest BCUT2D eigenvalue weighted by atomic mass is 10.2. The van der Waals surface area contributed by atoms with E-state index in [9.17, 15) is 13.6 Å². The van der Waals surface area contributed by atoms with Crippen molar-refractivity contribution in [3.63, 3.8) is 0 Å². The van der Waals surface area contributed by atoms with Crippen LogP contribution in [0.15, 0.2) is 30.5 Å². The third-order valence-electron chi connectivity index (χ3n) is 4.37. The summed E-state index contributed by atoms with van der Waals surface area (Å²) in [5.74, 6) is -2.69. The minimum Gasteiger partial charge on any atom is -0.481 e. The van der Waals surface area contributed by atoms with Crippen molar-refractivity contribution in [2.75, 3.05) is 0 Å². The second kappa shape index (κ2) is 8.99. The van der Waals surface area contributed by atoms with Crippen LogP contribution in [0.4, 0.5) is 8.78 Å². The lowest BCUT2D eigenvalue weighted by molar-refractivity contribution is -0.137. The first-order chi connectivity index (χ1) is 15.8. The van der Waals surface area contributed by atoms with Crippen molar-refractivity contribution in [2.45, 2.75) is 19.0 Å². The Morgan fingerprint density at radius 1 is 1.21 bits per heavy atom. The Morgan fingerprint density at radius 3 is 2.70 bits per heavy atom. The highest BCUT2D eigenvalue weighted by molar-refractivity contribution is 5.67. The number of aliphatic carboxylic acids is 1. The zero-order chi connectivity index (χ0) is 23.5. The van der Waals surface area contributed by atoms with E-state index in [4.69, 9.17) is 15.6 Å². The molecule has 15 heteroatoms. The summed E-state index contributed by atoms with van der Waals surface area (Å²) in [6.07, 6.45) is 1.05. The lowest BCUT2D eigenvalue weighted by Crippen LogP contribution is -2.30. The number of pyridine rings is 1. The molecule has 1 atom stereocenters. The van der Waals surface area contributed by atoms with E-state index in [0.29, 0.717) is 11.4 Å². The Balaban J connectivity index is 1.48. The van der Waals surface area contributed by atoms with Crippen LogP contribution < -0.4 is 10.5 Å². The van der Waals surface area contributed by atoms with E-state index in [2.05, 4.69) is 35.9 Å². The average molecular weight is 458 g/mol. The Bertz CT molecular complexity index is 1310. The van der Waals surface area contributed by atoms with Gasteiger partial charge in [-0.25, -0.2) is 18.4 Å². The van der Waals surface area contributed by atoms with E-state index >= 15 is 0 Å². The van der Waals surface area contributed by atoms with Crippen molar-refractivity contribution >= 4 is 5.97 Å². The minimum absolute atomic E-state index is 0.00649. The summed E-state index contributed by atoms with van der Waals surface area (Å²) in [7, 11) is 1.60. The van der Waals surface area contributed by atoms with Gasteiger partial charge in [0.1, 0.15) is 11.6 Å². The standard InChI is InChI=1S/C18H16F2N10O3/c1-29-17(24-26-28-29)9-4-14(20)18(22-7-9)33-11-2-3-12(13(19)6-11)16-23-27-30(25-16)8-10(21)5-15(31)32/h2-4,6-7,10H,5,8,21H2,1H3,(H,31,32)/t10-/m0/s1. The van der Waals surface area contributed by atoms with Crippen LogP contribution in [-0.4, -0.2) is 62.5 Å². The fraction of sp³-hybridized carbons (Fsp3) is 0.222. The highest BCUT2D eigenvalue weighted by atomic mass is 19.1. The molecule has 3 heterocycles. The van der Waals surface area contributed by atoms with Gasteiger partial charge in [-0.05, 0) is 33.8 Å². The van der Waals surface area contributed by atoms with E-state index in [1.165, 1.54) is 23.0 Å². The van der Waals surface area contributed by atoms with Crippen LogP contribution in [0.1, 0.15) is 6.42 Å². The van der Waals surface area contributed by atoms with E-state index < -0.39 is 23.6 Å². The fourth-order valence-corrected chi connectivity index (χ4v) is 2.88. The molecule has 170 valence electrons. The van der Waals surface area contributed by atoms with Crippen molar-refractivity contribution in [3.8, 4) is 34.4 Å². The van der Waals surface area contributed by atoms with Gasteiger partial charge in [0.15, 0.2) is 11.6 Å². The normalized spacial score (nSPS) is 12.0. The summed E-state index contributed by atoms with van der Waals surface area (Å²) < 4.78 is 35.8. The molecule has 0 aliphatic heterocycles. The van der Waals surface area contributed by atoms with E-state index in [1.54, 1.807) is 7.05 Å². The van der Waals surface area contributed by atoms with Crippen LogP contribution in [0.2, 0.25) is 0 Å². The van der Waals surface area contributed by atoms with Gasteiger partial charge in [-0.2, -0.15) is 4.80 Å². The number of aryl methyl sites for hydroxylation is 1. The molecule has 33 heavy (non-hydrogen) atoms. The topological polar surface area (TPSA) is 173 Å². The highest BCUT2D eigenvalue weighted by Crippen LogP contribution is 2.28. The molecule has 0 saturated carbocycles. The number of halogens is 2. The summed E-state index contributed by atoms with van der Waals surface area (Å²) >= 11 is 0. The number of hydrogen-bond donors (Lipinski definition) is 2. The number of carboxylic acids is 1. The molecule has 0 unspecified atom stereocenters. The van der Waals surface area contributed by atoms with Crippen LogP contribution in [0.3, 0.4) is 0 Å². The molecule has 0 aliphatic rings. The second-order valence-corrected chi connectivity index (χ2v) is 6.91. The van der Waals surface area contributed by atoms with Crippen molar-refractivity contribution in [2.24, 2.45) is 12.8 Å². The first-order valence-corrected chi connectivity index (χ1v) is 9.41. The van der Waals surface area contributed by atoms with Crippen molar-refractivity contribution in [1.82, 2.24) is 45.4 Å². The number of nitrogens with two attached hydrogens (primary N) is 1. The monoisotopic (exact) mass is 458 g/mol. The van der Waals surface area contributed by atoms with Gasteiger partial charge in [-0.15, -0.1) is 15.3 Å². The van der Waals surface area contributed by atoms with Gasteiger partial charge in [-0.3, -0.25) is 4.79 Å². The number of ether oxygens (including phenoxy) is 1. The number of carbonyl (C=O) groups is 1. The smallest absolute Gasteiger partial charge is 0.304 e. The Labute approximate surface area is 183 Å². The Morgan fingerprint density at radius 2 is 2.03 bits per heavy atom. The highest BCUT2D eigenvalue weighted by Gasteiger charge is 2.17. The largest absolute Gasteiger partial charge is 0.481 e. The van der Waals surface area contributed by atoms with Crippen LogP contribution >= 0.6 is 0 Å². The third-order valence-corrected chi connectivity index (χ3v) is 4.37. The van der Waals surface area contributed by atoms with Crippen LogP contribution in [0, 0.1) is 11.6 Å². The number of benzene rings is 1. The average Bonchev–Trinajstić information content (AvgIpc) is 3.38. The first-order valence-electron chi connectivity index (χ1n) is 9.41. The molecule has 3 N–H and O–H groups in total. The fourth-order valence-electron chi connectivity index (χ4n) is 2.88. The van der Waals surface area contributed by atoms with Crippen LogP contribution in [-0.2, 0) is 18.4 Å². The van der Waals surface area contributed by atoms with Crippen molar-refractivity contribution in [3.05, 3.63) is 42.1 Å². The minimum atomic E-state index is -1.06. The van der Waals surface area contributed by atoms with E-state index in [0.717, 1.165) is 16.9 Å². The number of hydrogen-bond acceptors (Lipinski definition) is 10. The molecule has 4 rings (SSSR count). The van der Waals surface area contributed by atoms with Crippen LogP contribution in [0.5, 0.6) is 11.6 Å². The van der Waals surface area contributed by atoms with Crippen LogP contribution in [0.25, 0.3) is 22.8 Å². The van der Waals surface area contributed by atoms with Gasteiger partial charge < -0.3 is 15.6 Å². The lowest BCUT2D eigenvalue weighted by Gasteiger charge is -2.08. The van der Waals surface area contributed by atoms with Gasteiger partial charge in [0.05, 0.1) is 18.5 Å². The summed E-state index contributed by atoms with van der Waals surface area (Å²) in [6.45, 7) is -0.00649. The number of rotatable bonds is 8. The number of tetrazole rings is 2. The molecular formula is C18H16F2N10O3. The number of nitrogens with zero attached hydrogens (tertiary/aromatic N) is 9. The molecule has 0 amide bonds. The SMILES string of the molecule is Cn1nnnc1-c1cnc(Oc2ccc(-c3nnn(C[C@@H](N)CC(=O)O)n3)c(F)c2)c(F)c1. The number of aromatic nitrogens is 9. The molecule has 1 aromatic carbocycles. The summed E-state index contributed by atoms with van der Waals surface area (Å²) in [5, 5.41) is 31.2. The molecule has 0 bridgehead atoms. The maximum atomic E-state index is 14.6. The summed E-state index contributed by atoms with van der Waals surface area (Å²) in [6, 6.07) is 4.16. The van der Waals surface area contributed by atoms with E-state index in [1.807, 2.05) is 0 Å². The Hall–Kier alpha value is -4.40. The van der Waals surface area contributed by atoms with E-state index in [-0.39, 0.29) is 36.0 Å². The first kappa shape index (κ1) is 21.8. The summed E-state index contributed by atoms with van der Waals surface area (Å²) in [5.41, 5.74) is 6.04. The molecule has 0 aliphatic carbocycles. The predicted molar refractivity (Wildman–Crippen MR) is 106 cm³/mol. The maximum Gasteiger partial charge on any atom is 0.304 e. The molecule has 0 fully saturated rings. The molecule has 13 nitrogen and oxygen atoms in total. The maximum absolute atomic E-state index is 14.6. The van der Waals surface area contributed by atoms with Crippen molar-refractivity contribution < 1.29 is 23.4 Å². The quantitative estimate of drug-likeness (QED) is 0.382. The van der Waals surface area contributed by atoms with Gasteiger partial charge in [0.25, 0.3) is 5.88 Å². The predicted octanol–water partition coefficient (Wildman–Crippen LogP) is 0.798. The number of carboxylic acid groups (broad SMARTS) is 1. The molecule has 3 aromatic heterocycles. The Kier molecular flexibility index (Phi) is 5.95. The molecule has 0 spiro atoms. The zero-order valence-corrected chi connectivity index (χ0v) is 17.0. The van der Waals surface area contributed by atoms with Crippen molar-refractivity contribution in [1.29, 1.82) is 0 Å². The van der Waals surface area contributed by atoms with Gasteiger partial charge in [0, 0.05) is 30.9 Å². The zero-order valence-electron chi connectivity index (χ0n) is 17.0. The van der Waals surface area contributed by atoms with Gasteiger partial charge >= 0.3 is 5.97 Å². The second-order valence-electron chi connectivity index (χ2n) is 6.91. The molecular weight excluding hydrogens is 442 g/mol. The van der Waals surface area contributed by atoms with Gasteiger partial charge in [0.2, 0.25) is 5.82 Å². The molecule has 4 aromatic rings. The third kappa shape index (κ3) is 4.93.